The zero-order chi connectivity index (χ0) is 11.7. The van der Waals surface area contributed by atoms with Crippen LogP contribution in [-0.2, 0) is 7.05 Å². The molecule has 2 unspecified atom stereocenters. The lowest BCUT2D eigenvalue weighted by molar-refractivity contribution is 0.0734. The highest BCUT2D eigenvalue weighted by atomic mass is 35.5. The molecule has 0 aliphatic carbocycles. The molecule has 1 amide bonds. The Bertz CT molecular complexity index is 391. The molecule has 1 aromatic heterocycles. The molecular weight excluding hydrogens is 238 g/mol. The van der Waals surface area contributed by atoms with Gasteiger partial charge in [0.25, 0.3) is 5.91 Å². The van der Waals surface area contributed by atoms with Gasteiger partial charge in [0.05, 0.1) is 0 Å². The van der Waals surface area contributed by atoms with Crippen molar-refractivity contribution in [2.45, 2.75) is 19.4 Å². The van der Waals surface area contributed by atoms with E-state index in [9.17, 15) is 4.79 Å². The van der Waals surface area contributed by atoms with Crippen LogP contribution in [0.5, 0.6) is 0 Å². The number of rotatable bonds is 2. The van der Waals surface area contributed by atoms with Gasteiger partial charge in [-0.3, -0.25) is 4.79 Å². The summed E-state index contributed by atoms with van der Waals surface area (Å²) in [5, 5.41) is 0. The lowest BCUT2D eigenvalue weighted by Gasteiger charge is -2.21. The summed E-state index contributed by atoms with van der Waals surface area (Å²) in [6.07, 6.45) is 2.92. The van der Waals surface area contributed by atoms with Crippen molar-refractivity contribution >= 4 is 18.3 Å². The third-order valence-electron chi connectivity index (χ3n) is 3.42. The molecule has 2 rings (SSSR count). The first-order valence-electron chi connectivity index (χ1n) is 5.76. The summed E-state index contributed by atoms with van der Waals surface area (Å²) in [7, 11) is 1.90. The van der Waals surface area contributed by atoms with Crippen molar-refractivity contribution in [2.24, 2.45) is 18.7 Å². The first-order chi connectivity index (χ1) is 7.63. The fraction of sp³-hybridized carbons (Fsp3) is 0.583. The number of nitrogens with zero attached hydrogens (tertiary/aromatic N) is 2. The average Bonchev–Trinajstić information content (AvgIpc) is 2.83. The van der Waals surface area contributed by atoms with Crippen molar-refractivity contribution in [2.75, 3.05) is 13.1 Å². The maximum absolute atomic E-state index is 12.3. The second kappa shape index (κ2) is 5.56. The summed E-state index contributed by atoms with van der Waals surface area (Å²) in [6, 6.07) is 4.06. The number of halogens is 1. The second-order valence-corrected chi connectivity index (χ2v) is 4.65. The molecule has 96 valence electrons. The Kier molecular flexibility index (Phi) is 4.60. The summed E-state index contributed by atoms with van der Waals surface area (Å²) in [4.78, 5) is 14.2. The molecule has 1 aromatic rings. The number of aromatic nitrogens is 1. The van der Waals surface area contributed by atoms with Gasteiger partial charge in [-0.1, -0.05) is 0 Å². The van der Waals surface area contributed by atoms with Crippen molar-refractivity contribution in [3.8, 4) is 0 Å². The van der Waals surface area contributed by atoms with Crippen molar-refractivity contribution in [1.82, 2.24) is 9.47 Å². The van der Waals surface area contributed by atoms with Crippen LogP contribution in [0.15, 0.2) is 18.3 Å². The highest BCUT2D eigenvalue weighted by Gasteiger charge is 2.32. The van der Waals surface area contributed by atoms with Crippen LogP contribution in [0.2, 0.25) is 0 Å². The van der Waals surface area contributed by atoms with Crippen molar-refractivity contribution in [3.05, 3.63) is 24.0 Å². The lowest BCUT2D eigenvalue weighted by atomic mass is 10.1. The van der Waals surface area contributed by atoms with E-state index < -0.39 is 0 Å². The molecular formula is C12H20ClN3O. The minimum atomic E-state index is 0. The quantitative estimate of drug-likeness (QED) is 0.867. The van der Waals surface area contributed by atoms with Gasteiger partial charge >= 0.3 is 0 Å². The molecule has 5 heteroatoms. The molecule has 0 radical (unpaired) electrons. The predicted octanol–water partition coefficient (Wildman–Crippen LogP) is 1.26. The Morgan fingerprint density at radius 3 is 2.76 bits per heavy atom. The largest absolute Gasteiger partial charge is 0.347 e. The van der Waals surface area contributed by atoms with E-state index in [4.69, 9.17) is 5.73 Å². The number of aryl methyl sites for hydroxylation is 1. The molecule has 2 heterocycles. The molecule has 2 N–H and O–H groups in total. The molecule has 1 aliphatic heterocycles. The molecule has 0 spiro atoms. The SMILES string of the molecule is CC1CC(CN)CN1C(=O)c1cccn1C.Cl. The number of carbonyl (C=O) groups is 1. The maximum Gasteiger partial charge on any atom is 0.270 e. The maximum atomic E-state index is 12.3. The summed E-state index contributed by atoms with van der Waals surface area (Å²) < 4.78 is 1.87. The normalized spacial score (nSPS) is 23.6. The molecule has 0 bridgehead atoms. The highest BCUT2D eigenvalue weighted by Crippen LogP contribution is 2.23. The van der Waals surface area contributed by atoms with Gasteiger partial charge in [-0.05, 0) is 37.9 Å². The van der Waals surface area contributed by atoms with E-state index in [0.29, 0.717) is 18.5 Å². The van der Waals surface area contributed by atoms with Gasteiger partial charge in [-0.25, -0.2) is 0 Å². The Morgan fingerprint density at radius 1 is 1.59 bits per heavy atom. The number of likely N-dealkylation sites (tertiary alicyclic amines) is 1. The zero-order valence-corrected chi connectivity index (χ0v) is 11.1. The Labute approximate surface area is 108 Å². The Morgan fingerprint density at radius 2 is 2.29 bits per heavy atom. The van der Waals surface area contributed by atoms with Crippen LogP contribution in [0.25, 0.3) is 0 Å². The Hall–Kier alpha value is -1.00. The topological polar surface area (TPSA) is 51.3 Å². The first kappa shape index (κ1) is 14.1. The van der Waals surface area contributed by atoms with Gasteiger partial charge in [0.2, 0.25) is 0 Å². The standard InChI is InChI=1S/C12H19N3O.ClH/c1-9-6-10(7-13)8-15(9)12(16)11-4-3-5-14(11)2;/h3-5,9-10H,6-8,13H2,1-2H3;1H. The summed E-state index contributed by atoms with van der Waals surface area (Å²) >= 11 is 0. The predicted molar refractivity (Wildman–Crippen MR) is 70.3 cm³/mol. The van der Waals surface area contributed by atoms with E-state index in [-0.39, 0.29) is 18.3 Å². The molecule has 0 aromatic carbocycles. The third kappa shape index (κ3) is 2.64. The fourth-order valence-corrected chi connectivity index (χ4v) is 2.43. The second-order valence-electron chi connectivity index (χ2n) is 4.65. The minimum absolute atomic E-state index is 0. The molecule has 1 fully saturated rings. The van der Waals surface area contributed by atoms with Gasteiger partial charge in [-0.2, -0.15) is 0 Å². The van der Waals surface area contributed by atoms with Crippen LogP contribution in [0.4, 0.5) is 0 Å². The number of hydrogen-bond acceptors (Lipinski definition) is 2. The summed E-state index contributed by atoms with van der Waals surface area (Å²) in [6.45, 7) is 3.55. The van der Waals surface area contributed by atoms with Crippen molar-refractivity contribution in [1.29, 1.82) is 0 Å². The van der Waals surface area contributed by atoms with E-state index in [1.54, 1.807) is 0 Å². The number of hydrogen-bond donors (Lipinski definition) is 1. The summed E-state index contributed by atoms with van der Waals surface area (Å²) in [5.41, 5.74) is 6.42. The van der Waals surface area contributed by atoms with Gasteiger partial charge in [0.1, 0.15) is 5.69 Å². The molecule has 4 nitrogen and oxygen atoms in total. The smallest absolute Gasteiger partial charge is 0.270 e. The van der Waals surface area contributed by atoms with Crippen LogP contribution in [0.3, 0.4) is 0 Å². The van der Waals surface area contributed by atoms with Crippen LogP contribution in [0, 0.1) is 5.92 Å². The molecule has 17 heavy (non-hydrogen) atoms. The van der Waals surface area contributed by atoms with Crippen molar-refractivity contribution < 1.29 is 4.79 Å². The highest BCUT2D eigenvalue weighted by molar-refractivity contribution is 5.93. The van der Waals surface area contributed by atoms with Gasteiger partial charge < -0.3 is 15.2 Å². The van der Waals surface area contributed by atoms with Gasteiger partial charge in [-0.15, -0.1) is 12.4 Å². The molecule has 1 saturated heterocycles. The van der Waals surface area contributed by atoms with Gasteiger partial charge in [0.15, 0.2) is 0 Å². The van der Waals surface area contributed by atoms with Gasteiger partial charge in [0, 0.05) is 25.8 Å². The lowest BCUT2D eigenvalue weighted by Crippen LogP contribution is -2.35. The van der Waals surface area contributed by atoms with Crippen LogP contribution >= 0.6 is 12.4 Å². The van der Waals surface area contributed by atoms with E-state index in [2.05, 4.69) is 6.92 Å². The average molecular weight is 258 g/mol. The van der Waals surface area contributed by atoms with E-state index >= 15 is 0 Å². The zero-order valence-electron chi connectivity index (χ0n) is 10.3. The molecule has 1 aliphatic rings. The van der Waals surface area contributed by atoms with Crippen molar-refractivity contribution in [3.63, 3.8) is 0 Å². The van der Waals surface area contributed by atoms with Crippen LogP contribution < -0.4 is 5.73 Å². The number of carbonyl (C=O) groups excluding carboxylic acids is 1. The molecule has 0 saturated carbocycles. The van der Waals surface area contributed by atoms with Crippen LogP contribution in [-0.4, -0.2) is 34.5 Å². The van der Waals surface area contributed by atoms with E-state index in [1.807, 2.05) is 34.8 Å². The first-order valence-corrected chi connectivity index (χ1v) is 5.76. The minimum Gasteiger partial charge on any atom is -0.347 e. The van der Waals surface area contributed by atoms with Crippen LogP contribution in [0.1, 0.15) is 23.8 Å². The number of amides is 1. The van der Waals surface area contributed by atoms with E-state index in [0.717, 1.165) is 18.7 Å². The van der Waals surface area contributed by atoms with E-state index in [1.165, 1.54) is 0 Å². The fourth-order valence-electron chi connectivity index (χ4n) is 2.43. The number of nitrogens with two attached hydrogens (primary N) is 1. The molecule has 2 atom stereocenters. The Balaban J connectivity index is 0.00000144. The summed E-state index contributed by atoms with van der Waals surface area (Å²) in [5.74, 6) is 0.579. The third-order valence-corrected chi connectivity index (χ3v) is 3.42. The monoisotopic (exact) mass is 257 g/mol.